The summed E-state index contributed by atoms with van der Waals surface area (Å²) in [7, 11) is 0. The minimum atomic E-state index is -1.56. The molecule has 1 amide bonds. The van der Waals surface area contributed by atoms with Crippen LogP contribution in [0.3, 0.4) is 0 Å². The number of nitrogens with one attached hydrogen (secondary N) is 1. The van der Waals surface area contributed by atoms with E-state index in [0.717, 1.165) is 32.1 Å². The fourth-order valence-corrected chi connectivity index (χ4v) is 4.54. The Morgan fingerprint density at radius 3 is 2.03 bits per heavy atom. The number of carbonyl (C=O) groups is 1. The normalized spacial score (nSPS) is 25.5. The van der Waals surface area contributed by atoms with Crippen molar-refractivity contribution >= 4 is 5.91 Å². The molecule has 0 radical (unpaired) electrons. The Hall–Kier alpha value is -1.07. The molecule has 1 aliphatic heterocycles. The zero-order valence-electron chi connectivity index (χ0n) is 23.7. The smallest absolute Gasteiger partial charge is 0.220 e. The van der Waals surface area contributed by atoms with E-state index in [1.807, 2.05) is 13.0 Å². The Bertz CT molecular complexity index is 617. The molecule has 0 spiro atoms. The third-order valence-corrected chi connectivity index (χ3v) is 7.11. The van der Waals surface area contributed by atoms with Gasteiger partial charge in [0.05, 0.1) is 25.4 Å². The number of allylic oxidation sites excluding steroid dienone is 1. The van der Waals surface area contributed by atoms with Crippen LogP contribution in [-0.2, 0) is 14.3 Å². The summed E-state index contributed by atoms with van der Waals surface area (Å²) in [4.78, 5) is 12.3. The van der Waals surface area contributed by atoms with Crippen LogP contribution in [-0.4, -0.2) is 87.5 Å². The van der Waals surface area contributed by atoms with Crippen LogP contribution >= 0.6 is 0 Å². The van der Waals surface area contributed by atoms with Gasteiger partial charge in [-0.05, 0) is 19.3 Å². The molecular formula is C29H55NO8. The fourth-order valence-electron chi connectivity index (χ4n) is 4.54. The van der Waals surface area contributed by atoms with Crippen LogP contribution in [0.1, 0.15) is 110 Å². The van der Waals surface area contributed by atoms with Crippen molar-refractivity contribution in [2.75, 3.05) is 13.2 Å². The van der Waals surface area contributed by atoms with Crippen LogP contribution in [0.2, 0.25) is 0 Å². The minimum absolute atomic E-state index is 0.190. The van der Waals surface area contributed by atoms with Gasteiger partial charge in [0, 0.05) is 6.42 Å². The molecule has 1 aliphatic rings. The Morgan fingerprint density at radius 2 is 1.45 bits per heavy atom. The van der Waals surface area contributed by atoms with Gasteiger partial charge >= 0.3 is 0 Å². The predicted molar refractivity (Wildman–Crippen MR) is 147 cm³/mol. The molecule has 1 saturated heterocycles. The number of rotatable bonds is 22. The highest BCUT2D eigenvalue weighted by Crippen LogP contribution is 2.22. The van der Waals surface area contributed by atoms with Crippen LogP contribution in [0.4, 0.5) is 0 Å². The fraction of sp³-hybridized carbons (Fsp3) is 0.897. The summed E-state index contributed by atoms with van der Waals surface area (Å²) in [6.07, 6.45) is 12.3. The monoisotopic (exact) mass is 545 g/mol. The topological polar surface area (TPSA) is 149 Å². The van der Waals surface area contributed by atoms with Gasteiger partial charge in [-0.1, -0.05) is 96.6 Å². The third-order valence-electron chi connectivity index (χ3n) is 7.11. The maximum Gasteiger partial charge on any atom is 0.220 e. The molecule has 38 heavy (non-hydrogen) atoms. The highest BCUT2D eigenvalue weighted by Gasteiger charge is 2.44. The first kappa shape index (κ1) is 35.0. The average Bonchev–Trinajstić information content (AvgIpc) is 2.91. The molecule has 0 aromatic heterocycles. The largest absolute Gasteiger partial charge is 0.394 e. The van der Waals surface area contributed by atoms with Crippen molar-refractivity contribution in [3.8, 4) is 0 Å². The molecule has 224 valence electrons. The Labute approximate surface area is 229 Å². The number of unbranched alkanes of at least 4 members (excludes halogenated alkanes) is 12. The minimum Gasteiger partial charge on any atom is -0.394 e. The second kappa shape index (κ2) is 21.7. The van der Waals surface area contributed by atoms with Crippen molar-refractivity contribution in [3.05, 3.63) is 12.2 Å². The standard InChI is InChI=1S/C29H55NO8/c1-3-5-7-8-9-10-11-12-13-14-15-16-17-18-23(32)22(30-25(33)19-6-4-2)21-37-29-28(36)27(35)26(34)24(20-31)38-29/h17-18,22-24,26-29,31-32,34-36H,3-16,19-21H2,1-2H3,(H,30,33)/b18-17+. The summed E-state index contributed by atoms with van der Waals surface area (Å²) in [5, 5.41) is 53.0. The summed E-state index contributed by atoms with van der Waals surface area (Å²) in [5.41, 5.74) is 0. The number of amides is 1. The predicted octanol–water partition coefficient (Wildman–Crippen LogP) is 3.10. The van der Waals surface area contributed by atoms with Crippen LogP contribution in [0.5, 0.6) is 0 Å². The van der Waals surface area contributed by atoms with Gasteiger partial charge in [0.1, 0.15) is 24.4 Å². The van der Waals surface area contributed by atoms with E-state index in [-0.39, 0.29) is 12.5 Å². The molecule has 9 heteroatoms. The van der Waals surface area contributed by atoms with Gasteiger partial charge in [0.2, 0.25) is 5.91 Å². The third kappa shape index (κ3) is 14.4. The van der Waals surface area contributed by atoms with Crippen LogP contribution in [0.25, 0.3) is 0 Å². The number of carbonyl (C=O) groups excluding carboxylic acids is 1. The molecule has 1 fully saturated rings. The van der Waals surface area contributed by atoms with E-state index in [9.17, 15) is 30.3 Å². The first-order chi connectivity index (χ1) is 18.3. The molecule has 1 heterocycles. The zero-order valence-corrected chi connectivity index (χ0v) is 23.7. The number of hydrogen-bond donors (Lipinski definition) is 6. The SMILES string of the molecule is CCCCCCCCCCCCC/C=C/C(O)C(COC1OC(CO)C(O)C(O)C1O)NC(=O)CCCC. The molecule has 9 nitrogen and oxygen atoms in total. The Morgan fingerprint density at radius 1 is 0.868 bits per heavy atom. The molecule has 0 aliphatic carbocycles. The summed E-state index contributed by atoms with van der Waals surface area (Å²) in [6.45, 7) is 3.47. The van der Waals surface area contributed by atoms with E-state index in [0.29, 0.717) is 6.42 Å². The Kier molecular flexibility index (Phi) is 20.0. The molecule has 7 unspecified atom stereocenters. The number of aliphatic hydroxyl groups is 5. The van der Waals surface area contributed by atoms with Crippen LogP contribution in [0.15, 0.2) is 12.2 Å². The van der Waals surface area contributed by atoms with E-state index >= 15 is 0 Å². The Balaban J connectivity index is 2.45. The molecule has 6 N–H and O–H groups in total. The molecule has 0 aromatic carbocycles. The van der Waals surface area contributed by atoms with Crippen LogP contribution < -0.4 is 5.32 Å². The summed E-state index contributed by atoms with van der Waals surface area (Å²) < 4.78 is 11.0. The van der Waals surface area contributed by atoms with Crippen molar-refractivity contribution in [2.24, 2.45) is 0 Å². The number of ether oxygens (including phenoxy) is 2. The highest BCUT2D eigenvalue weighted by atomic mass is 16.7. The average molecular weight is 546 g/mol. The zero-order chi connectivity index (χ0) is 28.2. The van der Waals surface area contributed by atoms with Gasteiger partial charge in [0.25, 0.3) is 0 Å². The number of aliphatic hydroxyl groups excluding tert-OH is 5. The highest BCUT2D eigenvalue weighted by molar-refractivity contribution is 5.76. The van der Waals surface area contributed by atoms with Crippen molar-refractivity contribution in [3.63, 3.8) is 0 Å². The lowest BCUT2D eigenvalue weighted by Gasteiger charge is -2.40. The summed E-state index contributed by atoms with van der Waals surface area (Å²) in [6, 6.07) is -0.791. The van der Waals surface area contributed by atoms with E-state index in [2.05, 4.69) is 12.2 Å². The molecule has 0 aromatic rings. The second-order valence-electron chi connectivity index (χ2n) is 10.6. The van der Waals surface area contributed by atoms with Crippen molar-refractivity contribution in [1.82, 2.24) is 5.32 Å². The van der Waals surface area contributed by atoms with Gasteiger partial charge in [-0.3, -0.25) is 4.79 Å². The van der Waals surface area contributed by atoms with E-state index in [1.165, 1.54) is 57.8 Å². The second-order valence-corrected chi connectivity index (χ2v) is 10.6. The number of hydrogen-bond acceptors (Lipinski definition) is 8. The lowest BCUT2D eigenvalue weighted by atomic mass is 9.99. The van der Waals surface area contributed by atoms with Crippen molar-refractivity contribution < 1.29 is 39.8 Å². The van der Waals surface area contributed by atoms with Crippen molar-refractivity contribution in [2.45, 2.75) is 153 Å². The molecule has 1 rings (SSSR count). The first-order valence-electron chi connectivity index (χ1n) is 14.9. The molecule has 0 bridgehead atoms. The quantitative estimate of drug-likeness (QED) is 0.0898. The molecule has 0 saturated carbocycles. The van der Waals surface area contributed by atoms with Crippen LogP contribution in [0, 0.1) is 0 Å². The first-order valence-corrected chi connectivity index (χ1v) is 14.9. The van der Waals surface area contributed by atoms with Gasteiger partial charge < -0.3 is 40.3 Å². The van der Waals surface area contributed by atoms with E-state index < -0.39 is 49.5 Å². The maximum absolute atomic E-state index is 12.3. The lowest BCUT2D eigenvalue weighted by molar-refractivity contribution is -0.302. The van der Waals surface area contributed by atoms with E-state index in [4.69, 9.17) is 9.47 Å². The van der Waals surface area contributed by atoms with Gasteiger partial charge in [-0.25, -0.2) is 0 Å². The maximum atomic E-state index is 12.3. The molecular weight excluding hydrogens is 490 g/mol. The van der Waals surface area contributed by atoms with Crippen molar-refractivity contribution in [1.29, 1.82) is 0 Å². The summed E-state index contributed by atoms with van der Waals surface area (Å²) >= 11 is 0. The molecule has 7 atom stereocenters. The summed E-state index contributed by atoms with van der Waals surface area (Å²) in [5.74, 6) is -0.216. The van der Waals surface area contributed by atoms with Gasteiger partial charge in [-0.2, -0.15) is 0 Å². The van der Waals surface area contributed by atoms with E-state index in [1.54, 1.807) is 6.08 Å². The van der Waals surface area contributed by atoms with Gasteiger partial charge in [-0.15, -0.1) is 0 Å². The van der Waals surface area contributed by atoms with Gasteiger partial charge in [0.15, 0.2) is 6.29 Å². The lowest BCUT2D eigenvalue weighted by Crippen LogP contribution is -2.60.